The van der Waals surface area contributed by atoms with E-state index in [1.165, 1.54) is 4.90 Å². The van der Waals surface area contributed by atoms with Crippen LogP contribution in [0.4, 0.5) is 4.79 Å². The molecule has 1 unspecified atom stereocenters. The summed E-state index contributed by atoms with van der Waals surface area (Å²) in [5.74, 6) is -1.13. The molecule has 110 valence electrons. The number of sulfone groups is 1. The lowest BCUT2D eigenvalue weighted by atomic mass is 10.3. The first-order chi connectivity index (χ1) is 8.82. The van der Waals surface area contributed by atoms with Gasteiger partial charge in [0, 0.05) is 19.1 Å². The maximum atomic E-state index is 11.8. The van der Waals surface area contributed by atoms with Crippen LogP contribution in [-0.2, 0) is 19.4 Å². The van der Waals surface area contributed by atoms with E-state index in [1.54, 1.807) is 6.92 Å². The predicted molar refractivity (Wildman–Crippen MR) is 66.7 cm³/mol. The van der Waals surface area contributed by atoms with Crippen LogP contribution in [0.15, 0.2) is 0 Å². The number of carboxylic acid groups (broad SMARTS) is 1. The topological polar surface area (TPSA) is 113 Å². The van der Waals surface area contributed by atoms with Gasteiger partial charge in [0.1, 0.15) is 6.61 Å². The van der Waals surface area contributed by atoms with Crippen LogP contribution in [0.2, 0.25) is 0 Å². The number of amides is 2. The maximum absolute atomic E-state index is 11.8. The summed E-state index contributed by atoms with van der Waals surface area (Å²) in [6.07, 6.45) is 0. The molecule has 2 N–H and O–H groups in total. The molecular formula is C10H18N2O6S. The molecule has 0 bridgehead atoms. The van der Waals surface area contributed by atoms with Crippen LogP contribution in [0.5, 0.6) is 0 Å². The van der Waals surface area contributed by atoms with Crippen LogP contribution < -0.4 is 5.32 Å². The second-order valence-electron chi connectivity index (χ2n) is 4.34. The number of hydrogen-bond acceptors (Lipinski definition) is 5. The maximum Gasteiger partial charge on any atom is 0.329 e. The number of ether oxygens (including phenoxy) is 1. The first-order valence-electron chi connectivity index (χ1n) is 5.86. The van der Waals surface area contributed by atoms with Crippen molar-refractivity contribution in [2.45, 2.75) is 13.0 Å². The Bertz CT molecular complexity index is 435. The van der Waals surface area contributed by atoms with Crippen LogP contribution in [-0.4, -0.2) is 74.3 Å². The molecule has 0 aromatic rings. The van der Waals surface area contributed by atoms with Gasteiger partial charge in [0.05, 0.1) is 18.1 Å². The zero-order chi connectivity index (χ0) is 14.5. The minimum atomic E-state index is -3.05. The Labute approximate surface area is 111 Å². The van der Waals surface area contributed by atoms with Gasteiger partial charge in [0.25, 0.3) is 0 Å². The van der Waals surface area contributed by atoms with Gasteiger partial charge >= 0.3 is 12.0 Å². The van der Waals surface area contributed by atoms with Gasteiger partial charge in [-0.25, -0.2) is 18.0 Å². The average Bonchev–Trinajstić information content (AvgIpc) is 2.26. The first-order valence-corrected chi connectivity index (χ1v) is 7.68. The minimum absolute atomic E-state index is 0.0275. The van der Waals surface area contributed by atoms with Gasteiger partial charge in [-0.2, -0.15) is 0 Å². The average molecular weight is 294 g/mol. The Balaban J connectivity index is 2.28. The third-order valence-electron chi connectivity index (χ3n) is 2.68. The van der Waals surface area contributed by atoms with Gasteiger partial charge in [-0.1, -0.05) is 0 Å². The summed E-state index contributed by atoms with van der Waals surface area (Å²) in [6.45, 7) is 1.72. The number of urea groups is 1. The van der Waals surface area contributed by atoms with Crippen LogP contribution in [0.1, 0.15) is 6.92 Å². The molecule has 0 aromatic carbocycles. The van der Waals surface area contributed by atoms with Crippen molar-refractivity contribution in [2.75, 3.05) is 37.8 Å². The number of nitrogens with zero attached hydrogens (tertiary/aromatic N) is 1. The molecule has 0 radical (unpaired) electrons. The van der Waals surface area contributed by atoms with E-state index in [-0.39, 0.29) is 43.3 Å². The third-order valence-corrected chi connectivity index (χ3v) is 4.47. The molecule has 1 heterocycles. The van der Waals surface area contributed by atoms with Crippen molar-refractivity contribution in [3.63, 3.8) is 0 Å². The van der Waals surface area contributed by atoms with E-state index in [4.69, 9.17) is 9.84 Å². The number of hydrogen-bond donors (Lipinski definition) is 2. The van der Waals surface area contributed by atoms with Crippen LogP contribution in [0.25, 0.3) is 0 Å². The number of aliphatic carboxylic acids is 1. The van der Waals surface area contributed by atoms with E-state index < -0.39 is 22.4 Å². The lowest BCUT2D eigenvalue weighted by Gasteiger charge is -2.33. The second kappa shape index (κ2) is 6.71. The monoisotopic (exact) mass is 294 g/mol. The molecule has 1 aliphatic heterocycles. The molecule has 1 aliphatic rings. The minimum Gasteiger partial charge on any atom is -0.480 e. The molecule has 19 heavy (non-hydrogen) atoms. The molecule has 9 heteroatoms. The van der Waals surface area contributed by atoms with Gasteiger partial charge in [-0.3, -0.25) is 0 Å². The van der Waals surface area contributed by atoms with Crippen LogP contribution in [0.3, 0.4) is 0 Å². The SMILES string of the molecule is CC1CS(=O)(=O)CCN1C(=O)NCCOCC(=O)O. The summed E-state index contributed by atoms with van der Waals surface area (Å²) in [5.41, 5.74) is 0. The highest BCUT2D eigenvalue weighted by Gasteiger charge is 2.30. The van der Waals surface area contributed by atoms with E-state index in [0.717, 1.165) is 0 Å². The predicted octanol–water partition coefficient (Wildman–Crippen LogP) is -1.08. The van der Waals surface area contributed by atoms with Crippen LogP contribution in [0, 0.1) is 0 Å². The zero-order valence-corrected chi connectivity index (χ0v) is 11.5. The molecule has 0 aliphatic carbocycles. The molecule has 0 spiro atoms. The Morgan fingerprint density at radius 1 is 1.47 bits per heavy atom. The summed E-state index contributed by atoms with van der Waals surface area (Å²) in [5, 5.41) is 10.9. The molecular weight excluding hydrogens is 276 g/mol. The van der Waals surface area contributed by atoms with Gasteiger partial charge in [0.15, 0.2) is 9.84 Å². The Morgan fingerprint density at radius 3 is 2.74 bits per heavy atom. The number of rotatable bonds is 5. The lowest BCUT2D eigenvalue weighted by molar-refractivity contribution is -0.142. The number of carbonyl (C=O) groups is 2. The lowest BCUT2D eigenvalue weighted by Crippen LogP contribution is -2.53. The normalized spacial score (nSPS) is 21.9. The smallest absolute Gasteiger partial charge is 0.329 e. The zero-order valence-electron chi connectivity index (χ0n) is 10.7. The summed E-state index contributed by atoms with van der Waals surface area (Å²) in [4.78, 5) is 23.4. The first kappa shape index (κ1) is 15.7. The second-order valence-corrected chi connectivity index (χ2v) is 6.56. The van der Waals surface area contributed by atoms with E-state index in [9.17, 15) is 18.0 Å². The van der Waals surface area contributed by atoms with Gasteiger partial charge in [-0.15, -0.1) is 0 Å². The van der Waals surface area contributed by atoms with Crippen molar-refractivity contribution in [3.8, 4) is 0 Å². The van der Waals surface area contributed by atoms with E-state index >= 15 is 0 Å². The highest BCUT2D eigenvalue weighted by Crippen LogP contribution is 2.11. The Hall–Kier alpha value is -1.35. The summed E-state index contributed by atoms with van der Waals surface area (Å²) < 4.78 is 27.5. The molecule has 1 fully saturated rings. The van der Waals surface area contributed by atoms with Crippen molar-refractivity contribution in [2.24, 2.45) is 0 Å². The Kier molecular flexibility index (Phi) is 5.55. The molecule has 0 aromatic heterocycles. The standard InChI is InChI=1S/C10H18N2O6S/c1-8-7-19(16,17)5-3-12(8)10(15)11-2-4-18-6-9(13)14/h8H,2-7H2,1H3,(H,11,15)(H,13,14). The number of carbonyl (C=O) groups excluding carboxylic acids is 1. The highest BCUT2D eigenvalue weighted by molar-refractivity contribution is 7.91. The summed E-state index contributed by atoms with van der Waals surface area (Å²) in [7, 11) is -3.05. The highest BCUT2D eigenvalue weighted by atomic mass is 32.2. The van der Waals surface area contributed by atoms with E-state index in [2.05, 4.69) is 5.32 Å². The van der Waals surface area contributed by atoms with Crippen molar-refractivity contribution < 1.29 is 27.9 Å². The van der Waals surface area contributed by atoms with Crippen molar-refractivity contribution >= 4 is 21.8 Å². The number of carboxylic acids is 1. The Morgan fingerprint density at radius 2 is 2.16 bits per heavy atom. The van der Waals surface area contributed by atoms with Gasteiger partial charge in [0.2, 0.25) is 0 Å². The largest absolute Gasteiger partial charge is 0.480 e. The molecule has 1 atom stereocenters. The molecule has 1 saturated heterocycles. The number of nitrogens with one attached hydrogen (secondary N) is 1. The van der Waals surface area contributed by atoms with Gasteiger partial charge in [-0.05, 0) is 6.92 Å². The van der Waals surface area contributed by atoms with Gasteiger partial charge < -0.3 is 20.1 Å². The van der Waals surface area contributed by atoms with E-state index in [0.29, 0.717) is 0 Å². The summed E-state index contributed by atoms with van der Waals surface area (Å²) in [6, 6.07) is -0.722. The van der Waals surface area contributed by atoms with Crippen molar-refractivity contribution in [1.82, 2.24) is 10.2 Å². The molecule has 1 rings (SSSR count). The summed E-state index contributed by atoms with van der Waals surface area (Å²) >= 11 is 0. The van der Waals surface area contributed by atoms with Crippen LogP contribution >= 0.6 is 0 Å². The molecule has 2 amide bonds. The fraction of sp³-hybridized carbons (Fsp3) is 0.800. The van der Waals surface area contributed by atoms with Crippen molar-refractivity contribution in [3.05, 3.63) is 0 Å². The van der Waals surface area contributed by atoms with Crippen molar-refractivity contribution in [1.29, 1.82) is 0 Å². The fourth-order valence-corrected chi connectivity index (χ4v) is 3.35. The quantitative estimate of drug-likeness (QED) is 0.623. The molecule has 8 nitrogen and oxygen atoms in total. The molecule has 0 saturated carbocycles. The third kappa shape index (κ3) is 5.43. The van der Waals surface area contributed by atoms with E-state index in [1.807, 2.05) is 0 Å². The fourth-order valence-electron chi connectivity index (χ4n) is 1.79.